The third-order valence-electron chi connectivity index (χ3n) is 4.91. The summed E-state index contributed by atoms with van der Waals surface area (Å²) in [5.74, 6) is 0.697. The van der Waals surface area contributed by atoms with Gasteiger partial charge < -0.3 is 10.6 Å². The fraction of sp³-hybridized carbons (Fsp3) is 0.650. The maximum absolute atomic E-state index is 12.2. The van der Waals surface area contributed by atoms with Crippen LogP contribution in [0.3, 0.4) is 0 Å². The number of aliphatic imine (C=N–C) groups is 1. The molecule has 1 aliphatic heterocycles. The van der Waals surface area contributed by atoms with Crippen LogP contribution in [-0.4, -0.2) is 56.5 Å². The van der Waals surface area contributed by atoms with Crippen LogP contribution in [0, 0.1) is 0 Å². The second-order valence-electron chi connectivity index (χ2n) is 8.08. The van der Waals surface area contributed by atoms with Crippen LogP contribution in [0.4, 0.5) is 0 Å². The molecule has 0 saturated carbocycles. The lowest BCUT2D eigenvalue weighted by Gasteiger charge is -2.20. The fourth-order valence-electron chi connectivity index (χ4n) is 2.98. The Morgan fingerprint density at radius 2 is 1.67 bits per heavy atom. The smallest absolute Gasteiger partial charge is 0.191 e. The average Bonchev–Trinajstić information content (AvgIpc) is 3.11. The molecule has 0 spiro atoms. The van der Waals surface area contributed by atoms with Crippen molar-refractivity contribution in [3.8, 4) is 0 Å². The van der Waals surface area contributed by atoms with Crippen molar-refractivity contribution in [1.29, 1.82) is 0 Å². The van der Waals surface area contributed by atoms with E-state index in [1.165, 1.54) is 37.1 Å². The van der Waals surface area contributed by atoms with Crippen LogP contribution in [0.2, 0.25) is 0 Å². The van der Waals surface area contributed by atoms with Gasteiger partial charge in [-0.3, -0.25) is 9.89 Å². The van der Waals surface area contributed by atoms with E-state index in [4.69, 9.17) is 0 Å². The Balaban J connectivity index is 1.76. The van der Waals surface area contributed by atoms with Crippen molar-refractivity contribution in [2.75, 3.05) is 32.4 Å². The van der Waals surface area contributed by atoms with E-state index in [2.05, 4.69) is 44.8 Å². The summed E-state index contributed by atoms with van der Waals surface area (Å²) in [6.07, 6.45) is 2.62. The molecule has 152 valence electrons. The van der Waals surface area contributed by atoms with Gasteiger partial charge in [0.2, 0.25) is 0 Å². The molecule has 0 aromatic heterocycles. The molecule has 6 nitrogen and oxygen atoms in total. The quantitative estimate of drug-likeness (QED) is 0.548. The molecule has 0 unspecified atom stereocenters. The van der Waals surface area contributed by atoms with Crippen LogP contribution >= 0.6 is 0 Å². The third kappa shape index (κ3) is 6.81. The number of nitrogens with zero attached hydrogens (tertiary/aromatic N) is 2. The Kier molecular flexibility index (Phi) is 7.68. The molecule has 1 aromatic rings. The zero-order chi connectivity index (χ0) is 19.9. The summed E-state index contributed by atoms with van der Waals surface area (Å²) < 4.78 is 23.6. The Morgan fingerprint density at radius 1 is 1.07 bits per heavy atom. The number of likely N-dealkylation sites (tertiary alicyclic amines) is 1. The molecule has 2 rings (SSSR count). The molecule has 1 aromatic carbocycles. The van der Waals surface area contributed by atoms with E-state index < -0.39 is 14.6 Å². The second-order valence-corrected chi connectivity index (χ2v) is 10.9. The van der Waals surface area contributed by atoms with Crippen LogP contribution in [0.15, 0.2) is 29.3 Å². The van der Waals surface area contributed by atoms with Gasteiger partial charge in [-0.1, -0.05) is 24.3 Å². The Bertz CT molecular complexity index is 715. The van der Waals surface area contributed by atoms with Gasteiger partial charge in [0.15, 0.2) is 15.8 Å². The van der Waals surface area contributed by atoms with Gasteiger partial charge in [-0.25, -0.2) is 8.42 Å². The molecule has 1 heterocycles. The van der Waals surface area contributed by atoms with Crippen molar-refractivity contribution < 1.29 is 8.42 Å². The summed E-state index contributed by atoms with van der Waals surface area (Å²) in [7, 11) is -1.45. The minimum Gasteiger partial charge on any atom is -0.355 e. The SMILES string of the molecule is CN=C(NCCS(=O)(=O)C(C)(C)C)NCc1ccc(CN2CCCC2)cc1. The zero-order valence-corrected chi connectivity index (χ0v) is 17.9. The summed E-state index contributed by atoms with van der Waals surface area (Å²) >= 11 is 0. The number of rotatable bonds is 7. The number of benzene rings is 1. The predicted octanol–water partition coefficient (Wildman–Crippen LogP) is 2.16. The third-order valence-corrected chi connectivity index (χ3v) is 7.52. The molecule has 7 heteroatoms. The van der Waals surface area contributed by atoms with Gasteiger partial charge in [-0.15, -0.1) is 0 Å². The van der Waals surface area contributed by atoms with Crippen molar-refractivity contribution in [2.45, 2.75) is 51.4 Å². The first-order valence-corrected chi connectivity index (χ1v) is 11.3. The summed E-state index contributed by atoms with van der Waals surface area (Å²) in [6.45, 7) is 9.60. The van der Waals surface area contributed by atoms with Gasteiger partial charge in [0.05, 0.1) is 10.5 Å². The van der Waals surface area contributed by atoms with E-state index in [1.54, 1.807) is 27.8 Å². The predicted molar refractivity (Wildman–Crippen MR) is 113 cm³/mol. The molecule has 0 amide bonds. The van der Waals surface area contributed by atoms with E-state index >= 15 is 0 Å². The largest absolute Gasteiger partial charge is 0.355 e. The molecule has 0 atom stereocenters. The van der Waals surface area contributed by atoms with E-state index in [0.717, 1.165) is 6.54 Å². The molecule has 1 saturated heterocycles. The first-order valence-electron chi connectivity index (χ1n) is 9.68. The standard InChI is InChI=1S/C20H34N4O2S/c1-20(2,3)27(25,26)14-11-22-19(21-4)23-15-17-7-9-18(10-8-17)16-24-12-5-6-13-24/h7-10H,5-6,11-16H2,1-4H3,(H2,21,22,23). The highest BCUT2D eigenvalue weighted by molar-refractivity contribution is 7.92. The van der Waals surface area contributed by atoms with Crippen molar-refractivity contribution in [3.05, 3.63) is 35.4 Å². The van der Waals surface area contributed by atoms with Crippen LogP contribution in [0.25, 0.3) is 0 Å². The van der Waals surface area contributed by atoms with E-state index in [0.29, 0.717) is 19.0 Å². The van der Waals surface area contributed by atoms with Crippen LogP contribution in [-0.2, 0) is 22.9 Å². The van der Waals surface area contributed by atoms with Gasteiger partial charge in [0, 0.05) is 26.7 Å². The highest BCUT2D eigenvalue weighted by Gasteiger charge is 2.28. The summed E-state index contributed by atoms with van der Waals surface area (Å²) in [5.41, 5.74) is 2.51. The van der Waals surface area contributed by atoms with Gasteiger partial charge in [0.1, 0.15) is 0 Å². The van der Waals surface area contributed by atoms with Crippen LogP contribution in [0.5, 0.6) is 0 Å². The first kappa shape index (κ1) is 21.7. The molecule has 0 aliphatic carbocycles. The lowest BCUT2D eigenvalue weighted by Crippen LogP contribution is -2.41. The Morgan fingerprint density at radius 3 is 2.22 bits per heavy atom. The molecular weight excluding hydrogens is 360 g/mol. The number of hydrogen-bond acceptors (Lipinski definition) is 4. The lowest BCUT2D eigenvalue weighted by molar-refractivity contribution is 0.331. The van der Waals surface area contributed by atoms with Crippen molar-refractivity contribution in [1.82, 2.24) is 15.5 Å². The monoisotopic (exact) mass is 394 g/mol. The normalized spacial score (nSPS) is 16.5. The minimum atomic E-state index is -3.13. The van der Waals surface area contributed by atoms with E-state index in [1.807, 2.05) is 0 Å². The number of guanidine groups is 1. The summed E-state index contributed by atoms with van der Waals surface area (Å²) in [4.78, 5) is 6.65. The lowest BCUT2D eigenvalue weighted by atomic mass is 10.1. The molecule has 2 N–H and O–H groups in total. The Hall–Kier alpha value is -1.60. The van der Waals surface area contributed by atoms with Gasteiger partial charge in [-0.2, -0.15) is 0 Å². The van der Waals surface area contributed by atoms with E-state index in [-0.39, 0.29) is 5.75 Å². The molecule has 0 bridgehead atoms. The average molecular weight is 395 g/mol. The molecular formula is C20H34N4O2S. The van der Waals surface area contributed by atoms with Crippen molar-refractivity contribution in [2.24, 2.45) is 4.99 Å². The fourth-order valence-corrected chi connectivity index (χ4v) is 3.96. The van der Waals surface area contributed by atoms with E-state index in [9.17, 15) is 8.42 Å². The number of nitrogens with one attached hydrogen (secondary N) is 2. The maximum Gasteiger partial charge on any atom is 0.191 e. The maximum atomic E-state index is 12.2. The van der Waals surface area contributed by atoms with Crippen molar-refractivity contribution >= 4 is 15.8 Å². The number of hydrogen-bond donors (Lipinski definition) is 2. The Labute approximate surface area is 164 Å². The van der Waals surface area contributed by atoms with Crippen LogP contribution < -0.4 is 10.6 Å². The van der Waals surface area contributed by atoms with Gasteiger partial charge in [0.25, 0.3) is 0 Å². The summed E-state index contributed by atoms with van der Waals surface area (Å²) in [6, 6.07) is 8.63. The minimum absolute atomic E-state index is 0.0857. The molecule has 1 aliphatic rings. The second kappa shape index (κ2) is 9.55. The molecule has 27 heavy (non-hydrogen) atoms. The van der Waals surface area contributed by atoms with Gasteiger partial charge >= 0.3 is 0 Å². The zero-order valence-electron chi connectivity index (χ0n) is 17.1. The summed E-state index contributed by atoms with van der Waals surface area (Å²) in [5, 5.41) is 6.32. The van der Waals surface area contributed by atoms with Crippen LogP contribution in [0.1, 0.15) is 44.7 Å². The van der Waals surface area contributed by atoms with Gasteiger partial charge in [-0.05, 0) is 57.8 Å². The molecule has 1 fully saturated rings. The first-order chi connectivity index (χ1) is 12.7. The topological polar surface area (TPSA) is 73.8 Å². The van der Waals surface area contributed by atoms with Crippen molar-refractivity contribution in [3.63, 3.8) is 0 Å². The highest BCUT2D eigenvalue weighted by atomic mass is 32.2. The number of sulfone groups is 1. The highest BCUT2D eigenvalue weighted by Crippen LogP contribution is 2.15. The molecule has 0 radical (unpaired) electrons.